The van der Waals surface area contributed by atoms with Crippen molar-refractivity contribution in [3.05, 3.63) is 318 Å². The van der Waals surface area contributed by atoms with Crippen molar-refractivity contribution in [1.82, 2.24) is 0 Å². The zero-order chi connectivity index (χ0) is 62.3. The van der Waals surface area contributed by atoms with Gasteiger partial charge in [-0.05, 0) is 120 Å². The fourth-order valence-electron chi connectivity index (χ4n) is 7.57. The number of aromatic hydroxyl groups is 2. The summed E-state index contributed by atoms with van der Waals surface area (Å²) in [6.45, 7) is 0. The Morgan fingerprint density at radius 1 is 0.384 bits per heavy atom. The lowest BCUT2D eigenvalue weighted by Crippen LogP contribution is -2.11. The second kappa shape index (κ2) is 31.0. The van der Waals surface area contributed by atoms with Gasteiger partial charge < -0.3 is 30.5 Å². The van der Waals surface area contributed by atoms with Crippen molar-refractivity contribution in [2.24, 2.45) is 0 Å². The summed E-state index contributed by atoms with van der Waals surface area (Å²) in [6, 6.07) is 71.7. The molecule has 0 bridgehead atoms. The minimum absolute atomic E-state index is 0.0697. The Labute approximate surface area is 506 Å². The van der Waals surface area contributed by atoms with Crippen molar-refractivity contribution in [1.29, 1.82) is 0 Å². The lowest BCUT2D eigenvalue weighted by Gasteiger charge is -2.27. The molecule has 10 aromatic carbocycles. The van der Waals surface area contributed by atoms with E-state index in [4.69, 9.17) is 27.2 Å². The molecular weight excluding hydrogens is 1250 g/mol. The van der Waals surface area contributed by atoms with Crippen molar-refractivity contribution in [3.8, 4) is 23.0 Å². The number of non-ortho nitro benzene ring substituents is 2. The number of nitrogens with two attached hydrogens (primary N) is 1. The molecule has 26 heteroatoms. The van der Waals surface area contributed by atoms with E-state index in [-0.39, 0.29) is 17.2 Å². The van der Waals surface area contributed by atoms with E-state index in [2.05, 4.69) is 34.7 Å². The maximum Gasteiger partial charge on any atom is 0.325 e. The number of hydrogen-bond acceptors (Lipinski definition) is 18. The lowest BCUT2D eigenvalue weighted by atomic mass is 10.1. The molecule has 0 saturated carbocycles. The first kappa shape index (κ1) is 63.6. The number of rotatable bonds is 14. The molecule has 10 aromatic rings. The van der Waals surface area contributed by atoms with Crippen LogP contribution in [-0.2, 0) is 0 Å². The fourth-order valence-corrected chi connectivity index (χ4v) is 8.23. The van der Waals surface area contributed by atoms with Gasteiger partial charge in [0.15, 0.2) is 10.8 Å². The number of nitrogen functional groups attached to an aromatic ring is 1. The predicted molar refractivity (Wildman–Crippen MR) is 333 cm³/mol. The van der Waals surface area contributed by atoms with Gasteiger partial charge in [0.05, 0.1) is 70.9 Å². The highest BCUT2D eigenvalue weighted by Gasteiger charge is 2.34. The number of phenolic OH excluding ortho intramolecular Hbond substituents is 2. The van der Waals surface area contributed by atoms with E-state index < -0.39 is 74.4 Å². The zero-order valence-corrected chi connectivity index (χ0v) is 47.2. The van der Waals surface area contributed by atoms with Gasteiger partial charge in [-0.1, -0.05) is 139 Å². The zero-order valence-electron chi connectivity index (χ0n) is 44.3. The number of phenols is 2. The average molecular weight is 1290 g/mol. The quantitative estimate of drug-likeness (QED) is 0.0299. The SMILES string of the molecule is Ic1ccccc1.Nc1ccccc1O.O=[N+]([O-])c1cc([N+](=O)[O-])c(Cl)c([N+](=O)[O-])c1.O=[N+]([O-])c1cc([N+](=O)[O-])c(Oc2ccccc2N(c2ccccc2)c2ccccc2)c([N+](=O)[O-])c1.Oc1ccccc1N(c1ccccc1)c1ccccc1. The van der Waals surface area contributed by atoms with Crippen molar-refractivity contribution >= 4 is 108 Å². The third kappa shape index (κ3) is 17.5. The second-order valence-corrected chi connectivity index (χ2v) is 18.7. The standard InChI is InChI=1S/C24H16N4O7.C18H15NO.C6H2ClN3O6.C6H5I.C6H7NO/c29-26(30)19-15-21(27(31)32)24(22(16-19)28(33)34)35-23-14-8-7-13-20(23)25(17-9-3-1-4-10-17)18-11-5-2-6-12-18;20-18-14-8-7-13-17(18)19(15-9-3-1-4-10-15)16-11-5-2-6-12-16;7-6-4(9(13)14)1-3(8(11)12)2-5(6)10(15)16;7-6-4-2-1-3-5-6;7-5-3-1-2-4-6(5)8/h1-16H;1-14,20H;1-2H;1-5H;1-4,8H,7H2. The molecule has 0 heterocycles. The molecule has 4 N–H and O–H groups in total. The summed E-state index contributed by atoms with van der Waals surface area (Å²) in [7, 11) is 0. The Morgan fingerprint density at radius 2 is 0.686 bits per heavy atom. The highest BCUT2D eigenvalue weighted by atomic mass is 127. The van der Waals surface area contributed by atoms with Crippen LogP contribution in [0.4, 0.5) is 73.9 Å². The largest absolute Gasteiger partial charge is 0.506 e. The molecule has 0 unspecified atom stereocenters. The number of nitrogens with zero attached hydrogens (tertiary/aromatic N) is 8. The van der Waals surface area contributed by atoms with E-state index >= 15 is 0 Å². The monoisotopic (exact) mass is 1290 g/mol. The third-order valence-corrected chi connectivity index (χ3v) is 12.5. The van der Waals surface area contributed by atoms with Crippen LogP contribution in [0.15, 0.2) is 249 Å². The lowest BCUT2D eigenvalue weighted by molar-refractivity contribution is -0.404. The third-order valence-electron chi connectivity index (χ3n) is 11.4. The van der Waals surface area contributed by atoms with Gasteiger partial charge in [0, 0.05) is 26.3 Å². The fraction of sp³-hybridized carbons (Fsp3) is 0. The minimum atomic E-state index is -1.03. The van der Waals surface area contributed by atoms with Crippen molar-refractivity contribution in [2.45, 2.75) is 0 Å². The summed E-state index contributed by atoms with van der Waals surface area (Å²) in [5.74, 6) is -0.230. The van der Waals surface area contributed by atoms with Crippen LogP contribution < -0.4 is 20.3 Å². The van der Waals surface area contributed by atoms with Crippen molar-refractivity contribution < 1.29 is 44.5 Å². The summed E-state index contributed by atoms with van der Waals surface area (Å²) in [4.78, 5) is 63.8. The normalized spacial score (nSPS) is 9.98. The van der Waals surface area contributed by atoms with Gasteiger partial charge in [0.2, 0.25) is 0 Å². The number of halogens is 2. The van der Waals surface area contributed by atoms with Crippen LogP contribution in [0, 0.1) is 64.3 Å². The summed E-state index contributed by atoms with van der Waals surface area (Å²) in [5.41, 5.74) is 5.31. The molecule has 0 atom stereocenters. The topological polar surface area (TPSA) is 341 Å². The maximum atomic E-state index is 11.7. The van der Waals surface area contributed by atoms with Gasteiger partial charge in [-0.15, -0.1) is 0 Å². The molecule has 0 saturated heterocycles. The number of nitro groups is 6. The van der Waals surface area contributed by atoms with E-state index in [0.717, 1.165) is 28.4 Å². The Morgan fingerprint density at radius 3 is 1.00 bits per heavy atom. The average Bonchev–Trinajstić information content (AvgIpc) is 3.52. The molecule has 434 valence electrons. The van der Waals surface area contributed by atoms with Gasteiger partial charge in [0.1, 0.15) is 11.5 Å². The van der Waals surface area contributed by atoms with E-state index in [1.807, 2.05) is 168 Å². The molecular formula is C60H45ClIN9O15. The minimum Gasteiger partial charge on any atom is -0.506 e. The van der Waals surface area contributed by atoms with Crippen LogP contribution in [0.3, 0.4) is 0 Å². The predicted octanol–water partition coefficient (Wildman–Crippen LogP) is 16.9. The summed E-state index contributed by atoms with van der Waals surface area (Å²) >= 11 is 7.65. The van der Waals surface area contributed by atoms with Gasteiger partial charge in [0.25, 0.3) is 17.1 Å². The molecule has 0 fully saturated rings. The number of anilines is 7. The molecule has 0 aliphatic carbocycles. The molecule has 0 spiro atoms. The van der Waals surface area contributed by atoms with E-state index in [1.165, 1.54) is 9.64 Å². The van der Waals surface area contributed by atoms with Crippen LogP contribution >= 0.6 is 34.2 Å². The van der Waals surface area contributed by atoms with Crippen molar-refractivity contribution in [3.63, 3.8) is 0 Å². The summed E-state index contributed by atoms with van der Waals surface area (Å²) < 4.78 is 7.10. The molecule has 24 nitrogen and oxygen atoms in total. The van der Waals surface area contributed by atoms with Crippen LogP contribution in [0.5, 0.6) is 23.0 Å². The molecule has 86 heavy (non-hydrogen) atoms. The molecule has 0 aliphatic heterocycles. The highest BCUT2D eigenvalue weighted by Crippen LogP contribution is 2.47. The van der Waals surface area contributed by atoms with Gasteiger partial charge in [-0.25, -0.2) is 0 Å². The molecule has 0 aliphatic rings. The van der Waals surface area contributed by atoms with E-state index in [1.54, 1.807) is 48.5 Å². The number of para-hydroxylation sites is 10. The smallest absolute Gasteiger partial charge is 0.325 e. The number of nitro benzene ring substituents is 6. The Bertz CT molecular complexity index is 3810. The van der Waals surface area contributed by atoms with Crippen LogP contribution in [0.25, 0.3) is 0 Å². The van der Waals surface area contributed by atoms with E-state index in [9.17, 15) is 65.8 Å². The van der Waals surface area contributed by atoms with Gasteiger partial charge >= 0.3 is 22.7 Å². The Kier molecular flexibility index (Phi) is 22.9. The number of hydrogen-bond donors (Lipinski definition) is 3. The van der Waals surface area contributed by atoms with E-state index in [0.29, 0.717) is 35.6 Å². The Balaban J connectivity index is 0.000000195. The van der Waals surface area contributed by atoms with Crippen LogP contribution in [0.1, 0.15) is 0 Å². The molecule has 0 radical (unpaired) electrons. The molecule has 0 aromatic heterocycles. The van der Waals surface area contributed by atoms with Gasteiger partial charge in [-0.3, -0.25) is 60.7 Å². The first-order chi connectivity index (χ1) is 41.3. The summed E-state index contributed by atoms with van der Waals surface area (Å²) in [6.07, 6.45) is 0. The number of benzene rings is 10. The molecule has 10 rings (SSSR count). The first-order valence-corrected chi connectivity index (χ1v) is 26.2. The highest BCUT2D eigenvalue weighted by molar-refractivity contribution is 14.1. The summed E-state index contributed by atoms with van der Waals surface area (Å²) in [5, 5.41) is 84.1. The second-order valence-electron chi connectivity index (χ2n) is 17.1. The van der Waals surface area contributed by atoms with Gasteiger partial charge in [-0.2, -0.15) is 0 Å². The molecule has 0 amide bonds. The number of ether oxygens (including phenoxy) is 1. The Hall–Kier alpha value is -11.6. The first-order valence-electron chi connectivity index (χ1n) is 24.7. The maximum absolute atomic E-state index is 11.7. The van der Waals surface area contributed by atoms with Crippen molar-refractivity contribution in [2.75, 3.05) is 15.5 Å². The van der Waals surface area contributed by atoms with Crippen LogP contribution in [-0.4, -0.2) is 39.8 Å². The van der Waals surface area contributed by atoms with Crippen LogP contribution in [0.2, 0.25) is 5.02 Å².